The summed E-state index contributed by atoms with van der Waals surface area (Å²) in [5.41, 5.74) is 2.18. The molecule has 0 amide bonds. The molecule has 2 aliphatic rings. The molecule has 8 heteroatoms. The normalized spacial score (nSPS) is 20.8. The van der Waals surface area contributed by atoms with Crippen molar-refractivity contribution < 1.29 is 28.6 Å². The number of carbonyl (C=O) groups is 3. The van der Waals surface area contributed by atoms with E-state index in [0.29, 0.717) is 12.1 Å². The SMILES string of the molecule is COC(=O)C1Cc2ccc(NC=C3C(=O)OC(C)(C)OC3=O)cc2N1. The first-order valence-electron chi connectivity index (χ1n) is 7.70. The van der Waals surface area contributed by atoms with Crippen LogP contribution in [0.5, 0.6) is 0 Å². The molecule has 1 aromatic carbocycles. The van der Waals surface area contributed by atoms with Gasteiger partial charge in [-0.15, -0.1) is 0 Å². The minimum absolute atomic E-state index is 0.222. The summed E-state index contributed by atoms with van der Waals surface area (Å²) in [6, 6.07) is 4.99. The van der Waals surface area contributed by atoms with Gasteiger partial charge in [-0.2, -0.15) is 0 Å². The maximum absolute atomic E-state index is 11.9. The summed E-state index contributed by atoms with van der Waals surface area (Å²) < 4.78 is 14.8. The lowest BCUT2D eigenvalue weighted by Gasteiger charge is -2.29. The Morgan fingerprint density at radius 2 is 2.00 bits per heavy atom. The minimum Gasteiger partial charge on any atom is -0.467 e. The van der Waals surface area contributed by atoms with Crippen LogP contribution in [0, 0.1) is 0 Å². The third-order valence-electron chi connectivity index (χ3n) is 3.85. The van der Waals surface area contributed by atoms with Crippen molar-refractivity contribution in [2.45, 2.75) is 32.1 Å². The van der Waals surface area contributed by atoms with Crippen LogP contribution in [0.2, 0.25) is 0 Å². The molecular weight excluding hydrogens is 328 g/mol. The molecule has 1 aromatic rings. The number of esters is 3. The molecule has 3 rings (SSSR count). The van der Waals surface area contributed by atoms with E-state index in [2.05, 4.69) is 10.6 Å². The number of nitrogens with one attached hydrogen (secondary N) is 2. The Kier molecular flexibility index (Phi) is 4.12. The van der Waals surface area contributed by atoms with E-state index in [-0.39, 0.29) is 11.5 Å². The van der Waals surface area contributed by atoms with E-state index in [0.717, 1.165) is 11.3 Å². The average Bonchev–Trinajstić information content (AvgIpc) is 2.95. The largest absolute Gasteiger partial charge is 0.467 e. The Hall–Kier alpha value is -3.03. The molecule has 132 valence electrons. The molecule has 1 unspecified atom stereocenters. The van der Waals surface area contributed by atoms with Crippen molar-refractivity contribution in [1.82, 2.24) is 0 Å². The van der Waals surface area contributed by atoms with Crippen molar-refractivity contribution in [3.8, 4) is 0 Å². The molecule has 8 nitrogen and oxygen atoms in total. The number of benzene rings is 1. The molecule has 0 spiro atoms. The summed E-state index contributed by atoms with van der Waals surface area (Å²) >= 11 is 0. The predicted octanol–water partition coefficient (Wildman–Crippen LogP) is 1.33. The standard InChI is InChI=1S/C17H18N2O6/c1-17(2)24-14(20)11(15(21)25-17)8-18-10-5-4-9-6-13(16(22)23-3)19-12(9)7-10/h4-5,7-8,13,18-19H,6H2,1-3H3. The van der Waals surface area contributed by atoms with Gasteiger partial charge in [-0.1, -0.05) is 6.07 Å². The highest BCUT2D eigenvalue weighted by molar-refractivity contribution is 6.15. The second-order valence-electron chi connectivity index (χ2n) is 6.18. The maximum Gasteiger partial charge on any atom is 0.350 e. The minimum atomic E-state index is -1.27. The van der Waals surface area contributed by atoms with Gasteiger partial charge in [0.1, 0.15) is 6.04 Å². The quantitative estimate of drug-likeness (QED) is 0.480. The zero-order valence-electron chi connectivity index (χ0n) is 14.0. The monoisotopic (exact) mass is 346 g/mol. The number of hydrogen-bond acceptors (Lipinski definition) is 8. The Morgan fingerprint density at radius 1 is 1.32 bits per heavy atom. The van der Waals surface area contributed by atoms with Gasteiger partial charge >= 0.3 is 17.9 Å². The summed E-state index contributed by atoms with van der Waals surface area (Å²) in [6.07, 6.45) is 1.78. The smallest absolute Gasteiger partial charge is 0.350 e. The van der Waals surface area contributed by atoms with Crippen LogP contribution in [0.15, 0.2) is 30.0 Å². The highest BCUT2D eigenvalue weighted by atomic mass is 16.7. The average molecular weight is 346 g/mol. The van der Waals surface area contributed by atoms with Gasteiger partial charge in [0.25, 0.3) is 5.79 Å². The fraction of sp³-hybridized carbons (Fsp3) is 0.353. The summed E-state index contributed by atoms with van der Waals surface area (Å²) in [7, 11) is 1.34. The Labute approximate surface area is 144 Å². The lowest BCUT2D eigenvalue weighted by Crippen LogP contribution is -2.42. The topological polar surface area (TPSA) is 103 Å². The van der Waals surface area contributed by atoms with E-state index in [1.807, 2.05) is 6.07 Å². The van der Waals surface area contributed by atoms with Gasteiger partial charge < -0.3 is 24.8 Å². The van der Waals surface area contributed by atoms with Crippen LogP contribution in [-0.4, -0.2) is 36.8 Å². The van der Waals surface area contributed by atoms with Crippen molar-refractivity contribution in [2.75, 3.05) is 17.7 Å². The van der Waals surface area contributed by atoms with Crippen LogP contribution in [0.3, 0.4) is 0 Å². The highest BCUT2D eigenvalue weighted by Crippen LogP contribution is 2.29. The first-order valence-corrected chi connectivity index (χ1v) is 7.70. The number of carbonyl (C=O) groups excluding carboxylic acids is 3. The summed E-state index contributed by atoms with van der Waals surface area (Å²) in [5, 5.41) is 5.94. The fourth-order valence-electron chi connectivity index (χ4n) is 2.66. The molecular formula is C17H18N2O6. The van der Waals surface area contributed by atoms with Gasteiger partial charge in [0, 0.05) is 37.8 Å². The van der Waals surface area contributed by atoms with Crippen LogP contribution < -0.4 is 10.6 Å². The van der Waals surface area contributed by atoms with Crippen LogP contribution in [0.4, 0.5) is 11.4 Å². The second-order valence-corrected chi connectivity index (χ2v) is 6.18. The van der Waals surface area contributed by atoms with Crippen LogP contribution in [0.25, 0.3) is 0 Å². The number of cyclic esters (lactones) is 2. The zero-order chi connectivity index (χ0) is 18.2. The molecule has 1 fully saturated rings. The molecule has 0 aromatic heterocycles. The van der Waals surface area contributed by atoms with E-state index in [1.54, 1.807) is 12.1 Å². The molecule has 2 aliphatic heterocycles. The van der Waals surface area contributed by atoms with E-state index in [9.17, 15) is 14.4 Å². The van der Waals surface area contributed by atoms with Gasteiger partial charge in [-0.3, -0.25) is 0 Å². The number of methoxy groups -OCH3 is 1. The van der Waals surface area contributed by atoms with E-state index in [4.69, 9.17) is 14.2 Å². The third-order valence-corrected chi connectivity index (χ3v) is 3.85. The van der Waals surface area contributed by atoms with E-state index in [1.165, 1.54) is 27.2 Å². The van der Waals surface area contributed by atoms with Gasteiger partial charge in [0.15, 0.2) is 5.57 Å². The Balaban J connectivity index is 1.72. The lowest BCUT2D eigenvalue weighted by atomic mass is 10.1. The van der Waals surface area contributed by atoms with Crippen LogP contribution in [-0.2, 0) is 35.0 Å². The van der Waals surface area contributed by atoms with Crippen LogP contribution >= 0.6 is 0 Å². The fourth-order valence-corrected chi connectivity index (χ4v) is 2.66. The second kappa shape index (κ2) is 6.12. The van der Waals surface area contributed by atoms with Gasteiger partial charge in [0.2, 0.25) is 0 Å². The first kappa shape index (κ1) is 16.8. The van der Waals surface area contributed by atoms with Gasteiger partial charge in [0.05, 0.1) is 7.11 Å². The zero-order valence-corrected chi connectivity index (χ0v) is 14.0. The van der Waals surface area contributed by atoms with Crippen molar-refractivity contribution in [3.05, 3.63) is 35.5 Å². The Bertz CT molecular complexity index is 761. The van der Waals surface area contributed by atoms with Gasteiger partial charge in [-0.25, -0.2) is 14.4 Å². The summed E-state index contributed by atoms with van der Waals surface area (Å²) in [4.78, 5) is 35.4. The van der Waals surface area contributed by atoms with Crippen molar-refractivity contribution >= 4 is 29.3 Å². The van der Waals surface area contributed by atoms with E-state index >= 15 is 0 Å². The first-order chi connectivity index (χ1) is 11.8. The Morgan fingerprint density at radius 3 is 2.64 bits per heavy atom. The number of fused-ring (bicyclic) bond motifs is 1. The highest BCUT2D eigenvalue weighted by Gasteiger charge is 2.39. The number of ether oxygens (including phenoxy) is 3. The maximum atomic E-state index is 11.9. The predicted molar refractivity (Wildman–Crippen MR) is 87.5 cm³/mol. The molecule has 0 radical (unpaired) electrons. The summed E-state index contributed by atoms with van der Waals surface area (Å²) in [6.45, 7) is 2.97. The van der Waals surface area contributed by atoms with Gasteiger partial charge in [-0.05, 0) is 17.7 Å². The molecule has 1 saturated heterocycles. The molecule has 1 atom stereocenters. The molecule has 2 N–H and O–H groups in total. The van der Waals surface area contributed by atoms with Crippen molar-refractivity contribution in [1.29, 1.82) is 0 Å². The summed E-state index contributed by atoms with van der Waals surface area (Å²) in [5.74, 6) is -3.10. The molecule has 0 aliphatic carbocycles. The number of anilines is 2. The van der Waals surface area contributed by atoms with Crippen LogP contribution in [0.1, 0.15) is 19.4 Å². The molecule has 0 bridgehead atoms. The number of rotatable bonds is 3. The van der Waals surface area contributed by atoms with Crippen molar-refractivity contribution in [3.63, 3.8) is 0 Å². The lowest BCUT2D eigenvalue weighted by molar-refractivity contribution is -0.222. The van der Waals surface area contributed by atoms with Crippen molar-refractivity contribution in [2.24, 2.45) is 0 Å². The molecule has 2 heterocycles. The van der Waals surface area contributed by atoms with E-state index < -0.39 is 23.8 Å². The molecule has 25 heavy (non-hydrogen) atoms. The number of hydrogen-bond donors (Lipinski definition) is 2. The third kappa shape index (κ3) is 3.42. The molecule has 0 saturated carbocycles.